The number of carbonyl (C=O) groups excluding carboxylic acids is 1. The Morgan fingerprint density at radius 3 is 2.70 bits per heavy atom. The summed E-state index contributed by atoms with van der Waals surface area (Å²) in [5.41, 5.74) is 1.80. The molecular weight excluding hydrogens is 363 g/mol. The Bertz CT molecular complexity index is 962. The van der Waals surface area contributed by atoms with E-state index < -0.39 is 11.7 Å². The van der Waals surface area contributed by atoms with Crippen LogP contribution in [0.2, 0.25) is 0 Å². The van der Waals surface area contributed by atoms with Crippen molar-refractivity contribution in [3.8, 4) is 0 Å². The lowest BCUT2D eigenvalue weighted by Gasteiger charge is -2.07. The molecule has 116 valence electrons. The van der Waals surface area contributed by atoms with Crippen LogP contribution in [0.15, 0.2) is 51.7 Å². The molecule has 0 spiro atoms. The van der Waals surface area contributed by atoms with E-state index in [0.717, 1.165) is 11.5 Å². The molecule has 0 aliphatic carbocycles. The summed E-state index contributed by atoms with van der Waals surface area (Å²) in [5.74, 6) is -0.929. The minimum Gasteiger partial charge on any atom is -0.322 e. The van der Waals surface area contributed by atoms with Crippen LogP contribution in [0.4, 0.5) is 10.1 Å². The number of H-pyrrole nitrogens is 1. The zero-order chi connectivity index (χ0) is 16.6. The fraction of sp³-hybridized carbons (Fsp3) is 0.0588. The SMILES string of the molecule is Cc1cc2ccc(NC(=O)c3cc(F)cc(Br)c3)cc2[nH]c1=O. The molecule has 0 fully saturated rings. The third kappa shape index (κ3) is 3.32. The molecule has 1 aromatic heterocycles. The van der Waals surface area contributed by atoms with Crippen molar-refractivity contribution in [1.29, 1.82) is 0 Å². The second kappa shape index (κ2) is 5.96. The van der Waals surface area contributed by atoms with Gasteiger partial charge in [-0.05, 0) is 48.7 Å². The normalized spacial score (nSPS) is 10.7. The number of aromatic amines is 1. The first-order valence-electron chi connectivity index (χ1n) is 6.83. The van der Waals surface area contributed by atoms with Gasteiger partial charge in [-0.2, -0.15) is 0 Å². The van der Waals surface area contributed by atoms with Gasteiger partial charge in [0.25, 0.3) is 11.5 Å². The molecule has 1 heterocycles. The third-order valence-electron chi connectivity index (χ3n) is 3.41. The predicted octanol–water partition coefficient (Wildman–Crippen LogP) is 3.99. The molecular formula is C17H12BrFN2O2. The van der Waals surface area contributed by atoms with Crippen molar-refractivity contribution in [2.45, 2.75) is 6.92 Å². The summed E-state index contributed by atoms with van der Waals surface area (Å²) in [6.45, 7) is 1.73. The number of hydrogen-bond donors (Lipinski definition) is 2. The Morgan fingerprint density at radius 2 is 1.96 bits per heavy atom. The van der Waals surface area contributed by atoms with Crippen LogP contribution in [0.25, 0.3) is 10.9 Å². The fourth-order valence-corrected chi connectivity index (χ4v) is 2.74. The number of pyridine rings is 1. The smallest absolute Gasteiger partial charge is 0.255 e. The van der Waals surface area contributed by atoms with Crippen molar-refractivity contribution in [2.24, 2.45) is 0 Å². The molecule has 0 radical (unpaired) electrons. The van der Waals surface area contributed by atoms with Crippen LogP contribution < -0.4 is 10.9 Å². The average Bonchev–Trinajstić information content (AvgIpc) is 2.47. The van der Waals surface area contributed by atoms with Crippen LogP contribution in [0.5, 0.6) is 0 Å². The van der Waals surface area contributed by atoms with E-state index in [1.165, 1.54) is 12.1 Å². The van der Waals surface area contributed by atoms with E-state index in [1.807, 2.05) is 0 Å². The molecule has 1 amide bonds. The summed E-state index contributed by atoms with van der Waals surface area (Å²) in [4.78, 5) is 26.6. The molecule has 0 aliphatic rings. The highest BCUT2D eigenvalue weighted by Gasteiger charge is 2.09. The summed E-state index contributed by atoms with van der Waals surface area (Å²) < 4.78 is 13.9. The van der Waals surface area contributed by atoms with Crippen LogP contribution in [0.3, 0.4) is 0 Å². The second-order valence-electron chi connectivity index (χ2n) is 5.20. The molecule has 3 rings (SSSR count). The van der Waals surface area contributed by atoms with Gasteiger partial charge in [0, 0.05) is 21.3 Å². The number of aromatic nitrogens is 1. The maximum absolute atomic E-state index is 13.4. The van der Waals surface area contributed by atoms with E-state index in [2.05, 4.69) is 26.2 Å². The summed E-state index contributed by atoms with van der Waals surface area (Å²) in [5, 5.41) is 3.56. The van der Waals surface area contributed by atoms with Crippen LogP contribution in [-0.2, 0) is 0 Å². The van der Waals surface area contributed by atoms with Crippen molar-refractivity contribution < 1.29 is 9.18 Å². The van der Waals surface area contributed by atoms with Crippen molar-refractivity contribution in [1.82, 2.24) is 4.98 Å². The Hall–Kier alpha value is -2.47. The summed E-state index contributed by atoms with van der Waals surface area (Å²) in [6.07, 6.45) is 0. The summed E-state index contributed by atoms with van der Waals surface area (Å²) in [6, 6.07) is 10.9. The van der Waals surface area contributed by atoms with Gasteiger partial charge < -0.3 is 10.3 Å². The Kier molecular flexibility index (Phi) is 4.00. The number of rotatable bonds is 2. The van der Waals surface area contributed by atoms with E-state index in [-0.39, 0.29) is 11.1 Å². The van der Waals surface area contributed by atoms with Crippen LogP contribution in [0.1, 0.15) is 15.9 Å². The van der Waals surface area contributed by atoms with Gasteiger partial charge >= 0.3 is 0 Å². The predicted molar refractivity (Wildman–Crippen MR) is 91.4 cm³/mol. The molecule has 0 saturated heterocycles. The molecule has 0 bridgehead atoms. The molecule has 4 nitrogen and oxygen atoms in total. The number of hydrogen-bond acceptors (Lipinski definition) is 2. The molecule has 0 aliphatic heterocycles. The molecule has 2 aromatic carbocycles. The fourth-order valence-electron chi connectivity index (χ4n) is 2.28. The number of fused-ring (bicyclic) bond motifs is 1. The minimum absolute atomic E-state index is 0.171. The van der Waals surface area contributed by atoms with Gasteiger partial charge in [0.2, 0.25) is 0 Å². The molecule has 2 N–H and O–H groups in total. The van der Waals surface area contributed by atoms with Gasteiger partial charge in [0.1, 0.15) is 5.82 Å². The molecule has 23 heavy (non-hydrogen) atoms. The number of aryl methyl sites for hydroxylation is 1. The average molecular weight is 375 g/mol. The van der Waals surface area contributed by atoms with Gasteiger partial charge in [-0.3, -0.25) is 9.59 Å². The topological polar surface area (TPSA) is 62.0 Å². The van der Waals surface area contributed by atoms with Gasteiger partial charge in [-0.25, -0.2) is 4.39 Å². The third-order valence-corrected chi connectivity index (χ3v) is 3.87. The zero-order valence-electron chi connectivity index (χ0n) is 12.1. The first-order chi connectivity index (χ1) is 10.9. The number of benzene rings is 2. The Labute approximate surface area is 139 Å². The second-order valence-corrected chi connectivity index (χ2v) is 6.11. The van der Waals surface area contributed by atoms with Crippen molar-refractivity contribution >= 4 is 38.4 Å². The number of nitrogens with one attached hydrogen (secondary N) is 2. The molecule has 0 atom stereocenters. The minimum atomic E-state index is -0.497. The highest BCUT2D eigenvalue weighted by molar-refractivity contribution is 9.10. The van der Waals surface area contributed by atoms with Crippen molar-refractivity contribution in [3.05, 3.63) is 74.2 Å². The largest absolute Gasteiger partial charge is 0.322 e. The van der Waals surface area contributed by atoms with Crippen LogP contribution in [-0.4, -0.2) is 10.9 Å². The Balaban J connectivity index is 1.93. The monoisotopic (exact) mass is 374 g/mol. The van der Waals surface area contributed by atoms with Crippen LogP contribution in [0, 0.1) is 12.7 Å². The molecule has 3 aromatic rings. The van der Waals surface area contributed by atoms with Crippen molar-refractivity contribution in [2.75, 3.05) is 5.32 Å². The molecule has 6 heteroatoms. The number of amides is 1. The van der Waals surface area contributed by atoms with E-state index in [9.17, 15) is 14.0 Å². The number of halogens is 2. The van der Waals surface area contributed by atoms with Gasteiger partial charge in [0.15, 0.2) is 0 Å². The van der Waals surface area contributed by atoms with E-state index in [1.54, 1.807) is 31.2 Å². The maximum atomic E-state index is 13.4. The van der Waals surface area contributed by atoms with Crippen LogP contribution >= 0.6 is 15.9 Å². The van der Waals surface area contributed by atoms with E-state index in [4.69, 9.17) is 0 Å². The highest BCUT2D eigenvalue weighted by Crippen LogP contribution is 2.19. The lowest BCUT2D eigenvalue weighted by atomic mass is 10.1. The lowest BCUT2D eigenvalue weighted by molar-refractivity contribution is 0.102. The quantitative estimate of drug-likeness (QED) is 0.712. The molecule has 0 unspecified atom stereocenters. The first-order valence-corrected chi connectivity index (χ1v) is 7.63. The zero-order valence-corrected chi connectivity index (χ0v) is 13.7. The van der Waals surface area contributed by atoms with E-state index >= 15 is 0 Å². The van der Waals surface area contributed by atoms with Gasteiger partial charge in [-0.1, -0.05) is 22.0 Å². The number of carbonyl (C=O) groups is 1. The summed E-state index contributed by atoms with van der Waals surface area (Å²) in [7, 11) is 0. The van der Waals surface area contributed by atoms with Gasteiger partial charge in [0.05, 0.1) is 5.52 Å². The summed E-state index contributed by atoms with van der Waals surface area (Å²) >= 11 is 3.15. The highest BCUT2D eigenvalue weighted by atomic mass is 79.9. The molecule has 0 saturated carbocycles. The van der Waals surface area contributed by atoms with E-state index in [0.29, 0.717) is 21.2 Å². The lowest BCUT2D eigenvalue weighted by Crippen LogP contribution is -2.13. The Morgan fingerprint density at radius 1 is 1.17 bits per heavy atom. The maximum Gasteiger partial charge on any atom is 0.255 e. The first kappa shape index (κ1) is 15.4. The van der Waals surface area contributed by atoms with Gasteiger partial charge in [-0.15, -0.1) is 0 Å². The standard InChI is InChI=1S/C17H12BrFN2O2/c1-9-4-10-2-3-14(8-15(10)21-16(9)22)20-17(23)11-5-12(18)7-13(19)6-11/h2-8H,1H3,(H,20,23)(H,21,22). The number of anilines is 1. The van der Waals surface area contributed by atoms with Crippen molar-refractivity contribution in [3.63, 3.8) is 0 Å².